The molecule has 0 radical (unpaired) electrons. The van der Waals surface area contributed by atoms with Gasteiger partial charge < -0.3 is 10.2 Å². The van der Waals surface area contributed by atoms with Crippen LogP contribution in [-0.4, -0.2) is 39.8 Å². The Kier molecular flexibility index (Phi) is 5.23. The number of amides is 1. The number of hydrogen-bond acceptors (Lipinski definition) is 5. The molecule has 1 aromatic rings. The number of nitrogens with zero attached hydrogens (tertiary/aromatic N) is 3. The highest BCUT2D eigenvalue weighted by Gasteiger charge is 2.18. The summed E-state index contributed by atoms with van der Waals surface area (Å²) < 4.78 is 0. The van der Waals surface area contributed by atoms with Gasteiger partial charge in [-0.3, -0.25) is 14.9 Å². The van der Waals surface area contributed by atoms with Crippen molar-refractivity contribution in [2.75, 3.05) is 18.4 Å². The highest BCUT2D eigenvalue weighted by Crippen LogP contribution is 2.15. The molecular weight excluding hydrogens is 248 g/mol. The maximum absolute atomic E-state index is 12.0. The van der Waals surface area contributed by atoms with Crippen molar-refractivity contribution in [3.05, 3.63) is 28.4 Å². The van der Waals surface area contributed by atoms with Gasteiger partial charge in [-0.05, 0) is 20.8 Å². The summed E-state index contributed by atoms with van der Waals surface area (Å²) in [5, 5.41) is 13.5. The quantitative estimate of drug-likeness (QED) is 0.625. The third kappa shape index (κ3) is 3.90. The summed E-state index contributed by atoms with van der Waals surface area (Å²) in [6.07, 6.45) is 1.34. The molecule has 0 bridgehead atoms. The number of anilines is 1. The Morgan fingerprint density at radius 3 is 2.68 bits per heavy atom. The van der Waals surface area contributed by atoms with Crippen LogP contribution in [0.4, 0.5) is 11.5 Å². The number of likely N-dealkylation sites (N-methyl/N-ethyl adjacent to an activating group) is 1. The van der Waals surface area contributed by atoms with E-state index in [1.165, 1.54) is 18.3 Å². The molecule has 7 nitrogen and oxygen atoms in total. The standard InChI is InChI=1S/C12H18N4O3/c1-4-15(5-2)12(17)9(3)14-11-8-10(16(18)19)6-7-13-11/h6-9H,4-5H2,1-3H3,(H,13,14). The molecule has 7 heteroatoms. The molecule has 0 aliphatic carbocycles. The van der Waals surface area contributed by atoms with Crippen LogP contribution < -0.4 is 5.32 Å². The van der Waals surface area contributed by atoms with E-state index >= 15 is 0 Å². The normalized spacial score (nSPS) is 11.7. The van der Waals surface area contributed by atoms with E-state index in [0.29, 0.717) is 18.9 Å². The highest BCUT2D eigenvalue weighted by molar-refractivity contribution is 5.84. The molecule has 19 heavy (non-hydrogen) atoms. The first kappa shape index (κ1) is 14.9. The van der Waals surface area contributed by atoms with Gasteiger partial charge in [0.2, 0.25) is 5.91 Å². The van der Waals surface area contributed by atoms with Crippen LogP contribution in [0.3, 0.4) is 0 Å². The van der Waals surface area contributed by atoms with E-state index in [1.54, 1.807) is 11.8 Å². The minimum atomic E-state index is -0.496. The maximum Gasteiger partial charge on any atom is 0.274 e. The van der Waals surface area contributed by atoms with Crippen LogP contribution in [0.15, 0.2) is 18.3 Å². The summed E-state index contributed by atoms with van der Waals surface area (Å²) in [6, 6.07) is 2.14. The van der Waals surface area contributed by atoms with Crippen molar-refractivity contribution in [2.24, 2.45) is 0 Å². The molecule has 1 atom stereocenters. The molecule has 1 amide bonds. The number of hydrogen-bond donors (Lipinski definition) is 1. The molecule has 0 spiro atoms. The lowest BCUT2D eigenvalue weighted by atomic mass is 10.2. The van der Waals surface area contributed by atoms with Gasteiger partial charge in [-0.2, -0.15) is 0 Å². The molecule has 1 rings (SSSR count). The van der Waals surface area contributed by atoms with E-state index in [1.807, 2.05) is 13.8 Å². The first-order valence-electron chi connectivity index (χ1n) is 6.15. The van der Waals surface area contributed by atoms with E-state index < -0.39 is 11.0 Å². The first-order chi connectivity index (χ1) is 8.99. The monoisotopic (exact) mass is 266 g/mol. The van der Waals surface area contributed by atoms with Crippen molar-refractivity contribution in [1.29, 1.82) is 0 Å². The molecule has 104 valence electrons. The molecule has 0 fully saturated rings. The van der Waals surface area contributed by atoms with Crippen LogP contribution in [0.5, 0.6) is 0 Å². The van der Waals surface area contributed by atoms with Crippen molar-refractivity contribution in [1.82, 2.24) is 9.88 Å². The third-order valence-electron chi connectivity index (χ3n) is 2.76. The lowest BCUT2D eigenvalue weighted by molar-refractivity contribution is -0.384. The molecule has 0 saturated heterocycles. The number of nitrogens with one attached hydrogen (secondary N) is 1. The summed E-state index contributed by atoms with van der Waals surface area (Å²) in [5.74, 6) is 0.264. The van der Waals surface area contributed by atoms with E-state index in [-0.39, 0.29) is 11.6 Å². The lowest BCUT2D eigenvalue weighted by Gasteiger charge is -2.23. The van der Waals surface area contributed by atoms with Crippen LogP contribution in [-0.2, 0) is 4.79 Å². The number of carbonyl (C=O) groups excluding carboxylic acids is 1. The van der Waals surface area contributed by atoms with Gasteiger partial charge in [0.05, 0.1) is 11.0 Å². The van der Waals surface area contributed by atoms with Crippen molar-refractivity contribution >= 4 is 17.4 Å². The van der Waals surface area contributed by atoms with E-state index in [4.69, 9.17) is 0 Å². The molecule has 0 aliphatic heterocycles. The fourth-order valence-electron chi connectivity index (χ4n) is 1.70. The van der Waals surface area contributed by atoms with Crippen molar-refractivity contribution in [3.63, 3.8) is 0 Å². The zero-order chi connectivity index (χ0) is 14.4. The molecule has 0 aromatic carbocycles. The topological polar surface area (TPSA) is 88.4 Å². The van der Waals surface area contributed by atoms with Gasteiger partial charge in [-0.25, -0.2) is 4.98 Å². The Morgan fingerprint density at radius 1 is 1.53 bits per heavy atom. The van der Waals surface area contributed by atoms with Gasteiger partial charge in [0.15, 0.2) is 0 Å². The average Bonchev–Trinajstić information content (AvgIpc) is 2.40. The molecular formula is C12H18N4O3. The number of pyridine rings is 1. The fourth-order valence-corrected chi connectivity index (χ4v) is 1.70. The summed E-state index contributed by atoms with van der Waals surface area (Å²) in [5.41, 5.74) is -0.0556. The van der Waals surface area contributed by atoms with Crippen LogP contribution in [0.1, 0.15) is 20.8 Å². The second kappa shape index (κ2) is 6.67. The van der Waals surface area contributed by atoms with E-state index in [9.17, 15) is 14.9 Å². The summed E-state index contributed by atoms with van der Waals surface area (Å²) in [7, 11) is 0. The summed E-state index contributed by atoms with van der Waals surface area (Å²) in [6.45, 7) is 6.77. The van der Waals surface area contributed by atoms with E-state index in [2.05, 4.69) is 10.3 Å². The third-order valence-corrected chi connectivity index (χ3v) is 2.76. The van der Waals surface area contributed by atoms with Crippen LogP contribution in [0.2, 0.25) is 0 Å². The predicted octanol–water partition coefficient (Wildman–Crippen LogP) is 1.66. The van der Waals surface area contributed by atoms with Crippen LogP contribution in [0.25, 0.3) is 0 Å². The number of rotatable bonds is 6. The molecule has 0 aliphatic rings. The van der Waals surface area contributed by atoms with Gasteiger partial charge >= 0.3 is 0 Å². The van der Waals surface area contributed by atoms with Gasteiger partial charge in [0.25, 0.3) is 5.69 Å². The minimum Gasteiger partial charge on any atom is -0.358 e. The fraction of sp³-hybridized carbons (Fsp3) is 0.500. The number of nitro groups is 1. The summed E-state index contributed by atoms with van der Waals surface area (Å²) >= 11 is 0. The number of carbonyl (C=O) groups is 1. The Bertz CT molecular complexity index is 460. The van der Waals surface area contributed by atoms with Gasteiger partial charge in [-0.1, -0.05) is 0 Å². The van der Waals surface area contributed by atoms with Crippen molar-refractivity contribution in [3.8, 4) is 0 Å². The number of aromatic nitrogens is 1. The van der Waals surface area contributed by atoms with Gasteiger partial charge in [0, 0.05) is 25.4 Å². The van der Waals surface area contributed by atoms with Gasteiger partial charge in [-0.15, -0.1) is 0 Å². The SMILES string of the molecule is CCN(CC)C(=O)C(C)Nc1cc([N+](=O)[O-])ccn1. The van der Waals surface area contributed by atoms with Crippen LogP contribution in [0, 0.1) is 10.1 Å². The average molecular weight is 266 g/mol. The Balaban J connectivity index is 2.76. The molecule has 1 N–H and O–H groups in total. The first-order valence-corrected chi connectivity index (χ1v) is 6.15. The van der Waals surface area contributed by atoms with Crippen molar-refractivity contribution < 1.29 is 9.72 Å². The van der Waals surface area contributed by atoms with Gasteiger partial charge in [0.1, 0.15) is 11.9 Å². The smallest absolute Gasteiger partial charge is 0.274 e. The Hall–Kier alpha value is -2.18. The minimum absolute atomic E-state index is 0.0556. The zero-order valence-corrected chi connectivity index (χ0v) is 11.3. The molecule has 1 unspecified atom stereocenters. The largest absolute Gasteiger partial charge is 0.358 e. The summed E-state index contributed by atoms with van der Waals surface area (Å²) in [4.78, 5) is 27.8. The second-order valence-corrected chi connectivity index (χ2v) is 4.03. The molecule has 1 heterocycles. The lowest BCUT2D eigenvalue weighted by Crippen LogP contribution is -2.41. The Morgan fingerprint density at radius 2 is 2.16 bits per heavy atom. The van der Waals surface area contributed by atoms with Crippen LogP contribution >= 0.6 is 0 Å². The molecule has 1 aromatic heterocycles. The second-order valence-electron chi connectivity index (χ2n) is 4.03. The van der Waals surface area contributed by atoms with E-state index in [0.717, 1.165) is 0 Å². The zero-order valence-electron chi connectivity index (χ0n) is 11.3. The highest BCUT2D eigenvalue weighted by atomic mass is 16.6. The van der Waals surface area contributed by atoms with Crippen molar-refractivity contribution in [2.45, 2.75) is 26.8 Å². The Labute approximate surface area is 111 Å². The predicted molar refractivity (Wildman–Crippen MR) is 71.9 cm³/mol. The maximum atomic E-state index is 12.0. The molecule has 0 saturated carbocycles.